The Bertz CT molecular complexity index is 282. The third-order valence-electron chi connectivity index (χ3n) is 1.85. The predicted octanol–water partition coefficient (Wildman–Crippen LogP) is 1.87. The Balaban J connectivity index is 2.38. The van der Waals surface area contributed by atoms with Crippen molar-refractivity contribution in [3.8, 4) is 5.75 Å². The molecular formula is C11H14O3. The number of rotatable bonds is 4. The van der Waals surface area contributed by atoms with Crippen molar-refractivity contribution in [2.45, 2.75) is 6.92 Å². The lowest BCUT2D eigenvalue weighted by atomic mass is 10.2. The first-order chi connectivity index (χ1) is 6.74. The van der Waals surface area contributed by atoms with Crippen LogP contribution >= 0.6 is 0 Å². The van der Waals surface area contributed by atoms with Crippen LogP contribution in [0.2, 0.25) is 0 Å². The van der Waals surface area contributed by atoms with Crippen LogP contribution in [0.3, 0.4) is 0 Å². The molecule has 0 N–H and O–H groups in total. The van der Waals surface area contributed by atoms with Gasteiger partial charge in [0.1, 0.15) is 12.4 Å². The number of benzene rings is 1. The average molecular weight is 194 g/mol. The number of carbonyl (C=O) groups excluding carboxylic acids is 1. The molecule has 14 heavy (non-hydrogen) atoms. The molecule has 0 aromatic heterocycles. The van der Waals surface area contributed by atoms with E-state index in [1.54, 1.807) is 6.92 Å². The number of methoxy groups -OCH3 is 1. The van der Waals surface area contributed by atoms with Crippen molar-refractivity contribution >= 4 is 5.97 Å². The maximum absolute atomic E-state index is 11.0. The van der Waals surface area contributed by atoms with E-state index in [1.165, 1.54) is 7.11 Å². The second-order valence-corrected chi connectivity index (χ2v) is 3.05. The van der Waals surface area contributed by atoms with Gasteiger partial charge in [0.05, 0.1) is 13.0 Å². The van der Waals surface area contributed by atoms with E-state index in [4.69, 9.17) is 4.74 Å². The van der Waals surface area contributed by atoms with Crippen molar-refractivity contribution < 1.29 is 14.3 Å². The monoisotopic (exact) mass is 194 g/mol. The first-order valence-electron chi connectivity index (χ1n) is 4.49. The Kier molecular flexibility index (Phi) is 3.98. The first kappa shape index (κ1) is 10.6. The fraction of sp³-hybridized carbons (Fsp3) is 0.364. The summed E-state index contributed by atoms with van der Waals surface area (Å²) in [5, 5.41) is 0. The molecule has 0 heterocycles. The van der Waals surface area contributed by atoms with Gasteiger partial charge in [-0.2, -0.15) is 0 Å². The zero-order chi connectivity index (χ0) is 10.4. The summed E-state index contributed by atoms with van der Waals surface area (Å²) in [5.41, 5.74) is 0. The fourth-order valence-corrected chi connectivity index (χ4v) is 1.01. The summed E-state index contributed by atoms with van der Waals surface area (Å²) in [6.07, 6.45) is 0. The standard InChI is InChI=1S/C11H14O3/c1-9(11(12)13-2)8-14-10-6-4-3-5-7-10/h3-7,9H,8H2,1-2H3. The Morgan fingerprint density at radius 1 is 1.36 bits per heavy atom. The van der Waals surface area contributed by atoms with Gasteiger partial charge in [-0.3, -0.25) is 4.79 Å². The minimum atomic E-state index is -0.249. The number of hydrogen-bond acceptors (Lipinski definition) is 3. The minimum absolute atomic E-state index is 0.236. The molecule has 0 spiro atoms. The molecule has 1 aromatic carbocycles. The molecule has 3 nitrogen and oxygen atoms in total. The third kappa shape index (κ3) is 3.09. The molecular weight excluding hydrogens is 180 g/mol. The molecule has 1 rings (SSSR count). The number of esters is 1. The SMILES string of the molecule is COC(=O)C(C)COc1ccccc1. The van der Waals surface area contributed by atoms with Crippen LogP contribution in [-0.2, 0) is 9.53 Å². The van der Waals surface area contributed by atoms with Crippen molar-refractivity contribution in [3.05, 3.63) is 30.3 Å². The Hall–Kier alpha value is -1.51. The predicted molar refractivity (Wildman–Crippen MR) is 53.1 cm³/mol. The van der Waals surface area contributed by atoms with E-state index in [1.807, 2.05) is 30.3 Å². The molecule has 1 unspecified atom stereocenters. The highest BCUT2D eigenvalue weighted by atomic mass is 16.5. The van der Waals surface area contributed by atoms with Crippen LogP contribution in [0.1, 0.15) is 6.92 Å². The number of ether oxygens (including phenoxy) is 2. The van der Waals surface area contributed by atoms with Gasteiger partial charge in [-0.25, -0.2) is 0 Å². The lowest BCUT2D eigenvalue weighted by Crippen LogP contribution is -2.19. The van der Waals surface area contributed by atoms with Gasteiger partial charge < -0.3 is 9.47 Å². The molecule has 0 amide bonds. The van der Waals surface area contributed by atoms with Gasteiger partial charge in [0.2, 0.25) is 0 Å². The fourth-order valence-electron chi connectivity index (χ4n) is 1.01. The van der Waals surface area contributed by atoms with E-state index in [0.29, 0.717) is 6.61 Å². The van der Waals surface area contributed by atoms with Crippen LogP contribution < -0.4 is 4.74 Å². The minimum Gasteiger partial charge on any atom is -0.493 e. The molecule has 0 aliphatic rings. The topological polar surface area (TPSA) is 35.5 Å². The van der Waals surface area contributed by atoms with Crippen LogP contribution in [0, 0.1) is 5.92 Å². The molecule has 0 bridgehead atoms. The van der Waals surface area contributed by atoms with Crippen LogP contribution in [0.25, 0.3) is 0 Å². The molecule has 1 aromatic rings. The molecule has 3 heteroatoms. The Labute approximate surface area is 83.6 Å². The number of para-hydroxylation sites is 1. The van der Waals surface area contributed by atoms with Crippen molar-refractivity contribution in [2.24, 2.45) is 5.92 Å². The van der Waals surface area contributed by atoms with Gasteiger partial charge in [0, 0.05) is 0 Å². The normalized spacial score (nSPS) is 11.9. The van der Waals surface area contributed by atoms with E-state index in [-0.39, 0.29) is 11.9 Å². The highest BCUT2D eigenvalue weighted by molar-refractivity contribution is 5.71. The molecule has 0 aliphatic heterocycles. The summed E-state index contributed by atoms with van der Waals surface area (Å²) < 4.78 is 9.97. The van der Waals surface area contributed by atoms with Gasteiger partial charge in [-0.15, -0.1) is 0 Å². The highest BCUT2D eigenvalue weighted by Crippen LogP contribution is 2.10. The third-order valence-corrected chi connectivity index (χ3v) is 1.85. The summed E-state index contributed by atoms with van der Waals surface area (Å²) in [4.78, 5) is 11.0. The van der Waals surface area contributed by atoms with Crippen molar-refractivity contribution in [3.63, 3.8) is 0 Å². The van der Waals surface area contributed by atoms with Gasteiger partial charge >= 0.3 is 5.97 Å². The lowest BCUT2D eigenvalue weighted by Gasteiger charge is -2.10. The quantitative estimate of drug-likeness (QED) is 0.686. The first-order valence-corrected chi connectivity index (χ1v) is 4.49. The summed E-state index contributed by atoms with van der Waals surface area (Å²) >= 11 is 0. The summed E-state index contributed by atoms with van der Waals surface area (Å²) in [7, 11) is 1.38. The highest BCUT2D eigenvalue weighted by Gasteiger charge is 2.13. The van der Waals surface area contributed by atoms with Gasteiger partial charge in [0.25, 0.3) is 0 Å². The van der Waals surface area contributed by atoms with E-state index in [0.717, 1.165) is 5.75 Å². The lowest BCUT2D eigenvalue weighted by molar-refractivity contribution is -0.145. The van der Waals surface area contributed by atoms with Crippen LogP contribution in [0.15, 0.2) is 30.3 Å². The van der Waals surface area contributed by atoms with Gasteiger partial charge in [-0.1, -0.05) is 18.2 Å². The smallest absolute Gasteiger partial charge is 0.311 e. The molecule has 0 saturated heterocycles. The molecule has 1 atom stereocenters. The summed E-state index contributed by atoms with van der Waals surface area (Å²) in [6, 6.07) is 9.39. The van der Waals surface area contributed by atoms with E-state index >= 15 is 0 Å². The molecule has 0 fully saturated rings. The number of carbonyl (C=O) groups is 1. The van der Waals surface area contributed by atoms with Crippen molar-refractivity contribution in [1.29, 1.82) is 0 Å². The zero-order valence-electron chi connectivity index (χ0n) is 8.40. The van der Waals surface area contributed by atoms with Gasteiger partial charge in [-0.05, 0) is 19.1 Å². The molecule has 0 aliphatic carbocycles. The van der Waals surface area contributed by atoms with Crippen molar-refractivity contribution in [2.75, 3.05) is 13.7 Å². The Morgan fingerprint density at radius 3 is 2.57 bits per heavy atom. The molecule has 76 valence electrons. The van der Waals surface area contributed by atoms with Crippen LogP contribution in [-0.4, -0.2) is 19.7 Å². The summed E-state index contributed by atoms with van der Waals surface area (Å²) in [5.74, 6) is 0.282. The summed E-state index contributed by atoms with van der Waals surface area (Å²) in [6.45, 7) is 2.12. The average Bonchev–Trinajstić information content (AvgIpc) is 2.26. The second kappa shape index (κ2) is 5.27. The zero-order valence-corrected chi connectivity index (χ0v) is 8.40. The van der Waals surface area contributed by atoms with Gasteiger partial charge in [0.15, 0.2) is 0 Å². The molecule has 0 saturated carbocycles. The van der Waals surface area contributed by atoms with E-state index < -0.39 is 0 Å². The van der Waals surface area contributed by atoms with Crippen LogP contribution in [0.5, 0.6) is 5.75 Å². The van der Waals surface area contributed by atoms with Crippen molar-refractivity contribution in [1.82, 2.24) is 0 Å². The van der Waals surface area contributed by atoms with E-state index in [9.17, 15) is 4.79 Å². The van der Waals surface area contributed by atoms with E-state index in [2.05, 4.69) is 4.74 Å². The maximum Gasteiger partial charge on any atom is 0.311 e. The number of hydrogen-bond donors (Lipinski definition) is 0. The molecule has 0 radical (unpaired) electrons. The second-order valence-electron chi connectivity index (χ2n) is 3.05. The Morgan fingerprint density at radius 2 is 2.00 bits per heavy atom. The van der Waals surface area contributed by atoms with Crippen LogP contribution in [0.4, 0.5) is 0 Å². The maximum atomic E-state index is 11.0. The largest absolute Gasteiger partial charge is 0.493 e.